The molecule has 0 aliphatic rings. The van der Waals surface area contributed by atoms with E-state index in [4.69, 9.17) is 9.47 Å². The number of amides is 1. The van der Waals surface area contributed by atoms with Gasteiger partial charge in [0, 0.05) is 16.5 Å². The molecule has 31 heavy (non-hydrogen) atoms. The van der Waals surface area contributed by atoms with Crippen molar-refractivity contribution in [3.05, 3.63) is 84.0 Å². The predicted octanol–water partition coefficient (Wildman–Crippen LogP) is 5.64. The molecule has 0 spiro atoms. The van der Waals surface area contributed by atoms with Crippen LogP contribution in [-0.4, -0.2) is 24.6 Å². The third kappa shape index (κ3) is 4.73. The highest BCUT2D eigenvalue weighted by Gasteiger charge is 2.14. The fourth-order valence-corrected chi connectivity index (χ4v) is 3.89. The van der Waals surface area contributed by atoms with Crippen molar-refractivity contribution in [2.45, 2.75) is 0 Å². The molecule has 0 fully saturated rings. The zero-order valence-electron chi connectivity index (χ0n) is 16.7. The molecule has 4 rings (SSSR count). The van der Waals surface area contributed by atoms with Crippen LogP contribution in [0.25, 0.3) is 21.8 Å². The molecule has 4 aromatic rings. The van der Waals surface area contributed by atoms with Crippen LogP contribution in [-0.2, 0) is 4.79 Å². The summed E-state index contributed by atoms with van der Waals surface area (Å²) in [6, 6.07) is 21.0. The third-order valence-corrected chi connectivity index (χ3v) is 5.39. The van der Waals surface area contributed by atoms with Gasteiger partial charge in [-0.2, -0.15) is 0 Å². The monoisotopic (exact) mass is 434 g/mol. The lowest BCUT2D eigenvalue weighted by molar-refractivity contribution is -0.118. The van der Waals surface area contributed by atoms with Crippen molar-refractivity contribution >= 4 is 22.9 Å². The average molecular weight is 434 g/mol. The van der Waals surface area contributed by atoms with Crippen LogP contribution >= 0.6 is 11.3 Å². The summed E-state index contributed by atoms with van der Waals surface area (Å²) in [5, 5.41) is 5.29. The third-order valence-electron chi connectivity index (χ3n) is 4.51. The number of methoxy groups -OCH3 is 1. The highest BCUT2D eigenvalue weighted by Crippen LogP contribution is 2.33. The van der Waals surface area contributed by atoms with Gasteiger partial charge >= 0.3 is 0 Å². The van der Waals surface area contributed by atoms with E-state index in [9.17, 15) is 9.18 Å². The van der Waals surface area contributed by atoms with E-state index < -0.39 is 0 Å². The van der Waals surface area contributed by atoms with E-state index in [0.717, 1.165) is 5.56 Å². The summed E-state index contributed by atoms with van der Waals surface area (Å²) >= 11 is 1.35. The summed E-state index contributed by atoms with van der Waals surface area (Å²) in [6.45, 7) is -0.174. The number of hydrogen-bond acceptors (Lipinski definition) is 5. The first-order chi connectivity index (χ1) is 15.2. The number of carbonyl (C=O) groups is 1. The molecule has 1 heterocycles. The molecule has 0 radical (unpaired) electrons. The normalized spacial score (nSPS) is 10.5. The van der Waals surface area contributed by atoms with Crippen molar-refractivity contribution in [2.75, 3.05) is 19.0 Å². The number of benzene rings is 3. The lowest BCUT2D eigenvalue weighted by Gasteiger charge is -2.12. The topological polar surface area (TPSA) is 60.5 Å². The summed E-state index contributed by atoms with van der Waals surface area (Å²) in [5.41, 5.74) is 2.45. The molecule has 3 aromatic carbocycles. The zero-order valence-corrected chi connectivity index (χ0v) is 17.5. The first kappa shape index (κ1) is 20.6. The summed E-state index contributed by atoms with van der Waals surface area (Å²) in [5.74, 6) is 0.405. The minimum absolute atomic E-state index is 0.174. The van der Waals surface area contributed by atoms with Gasteiger partial charge in [0.15, 0.2) is 18.1 Å². The van der Waals surface area contributed by atoms with Crippen molar-refractivity contribution in [2.24, 2.45) is 0 Å². The molecule has 0 saturated carbocycles. The smallest absolute Gasteiger partial charge is 0.262 e. The largest absolute Gasteiger partial charge is 0.493 e. The van der Waals surface area contributed by atoms with Gasteiger partial charge in [-0.3, -0.25) is 4.79 Å². The molecule has 0 aliphatic heterocycles. The van der Waals surface area contributed by atoms with E-state index in [1.807, 2.05) is 29.6 Å². The summed E-state index contributed by atoms with van der Waals surface area (Å²) in [4.78, 5) is 17.1. The van der Waals surface area contributed by atoms with E-state index >= 15 is 0 Å². The van der Waals surface area contributed by atoms with Crippen molar-refractivity contribution in [1.82, 2.24) is 4.98 Å². The quantitative estimate of drug-likeness (QED) is 0.409. The molecule has 0 saturated heterocycles. The number of nitrogens with one attached hydrogen (secondary N) is 1. The standard InChI is InChI=1S/C24H19FN2O3S/c1-29-21-12-6-7-13-22(21)30-14-23(28)26-19-11-5-3-9-17(19)20-15-31-24(27-20)16-8-2-4-10-18(16)25/h2-13,15H,14H2,1H3,(H,26,28). The SMILES string of the molecule is COc1ccccc1OCC(=O)Nc1ccccc1-c1csc(-c2ccccc2F)n1. The number of hydrogen-bond donors (Lipinski definition) is 1. The van der Waals surface area contributed by atoms with Gasteiger partial charge in [0.25, 0.3) is 5.91 Å². The van der Waals surface area contributed by atoms with Gasteiger partial charge in [0.05, 0.1) is 18.5 Å². The van der Waals surface area contributed by atoms with Gasteiger partial charge < -0.3 is 14.8 Å². The van der Waals surface area contributed by atoms with Crippen LogP contribution in [0.3, 0.4) is 0 Å². The van der Waals surface area contributed by atoms with Crippen LogP contribution in [0.5, 0.6) is 11.5 Å². The van der Waals surface area contributed by atoms with Crippen LogP contribution in [0, 0.1) is 5.82 Å². The number of aromatic nitrogens is 1. The van der Waals surface area contributed by atoms with Gasteiger partial charge in [-0.25, -0.2) is 9.37 Å². The molecule has 1 N–H and O–H groups in total. The van der Waals surface area contributed by atoms with Gasteiger partial charge in [-0.05, 0) is 30.3 Å². The molecular formula is C24H19FN2O3S. The Hall–Kier alpha value is -3.71. The molecule has 1 aromatic heterocycles. The first-order valence-corrected chi connectivity index (χ1v) is 10.4. The highest BCUT2D eigenvalue weighted by molar-refractivity contribution is 7.13. The van der Waals surface area contributed by atoms with Crippen LogP contribution in [0.4, 0.5) is 10.1 Å². The van der Waals surface area contributed by atoms with Gasteiger partial charge in [0.2, 0.25) is 0 Å². The fourth-order valence-electron chi connectivity index (χ4n) is 3.04. The van der Waals surface area contributed by atoms with Crippen molar-refractivity contribution in [3.8, 4) is 33.3 Å². The zero-order chi connectivity index (χ0) is 21.6. The number of thiazole rings is 1. The van der Waals surface area contributed by atoms with Crippen molar-refractivity contribution in [1.29, 1.82) is 0 Å². The number of anilines is 1. The van der Waals surface area contributed by atoms with Gasteiger partial charge in [-0.15, -0.1) is 11.3 Å². The molecular weight excluding hydrogens is 415 g/mol. The molecule has 7 heteroatoms. The Balaban J connectivity index is 1.50. The number of carbonyl (C=O) groups excluding carboxylic acids is 1. The Bertz CT molecular complexity index is 1210. The molecule has 156 valence electrons. The van der Waals surface area contributed by atoms with Crippen LogP contribution in [0.2, 0.25) is 0 Å². The number of ether oxygens (including phenoxy) is 2. The second kappa shape index (κ2) is 9.40. The highest BCUT2D eigenvalue weighted by atomic mass is 32.1. The van der Waals surface area contributed by atoms with Crippen LogP contribution < -0.4 is 14.8 Å². The summed E-state index contributed by atoms with van der Waals surface area (Å²) in [6.07, 6.45) is 0. The molecule has 5 nitrogen and oxygen atoms in total. The molecule has 1 amide bonds. The van der Waals surface area contributed by atoms with E-state index in [-0.39, 0.29) is 18.3 Å². The second-order valence-electron chi connectivity index (χ2n) is 6.55. The lowest BCUT2D eigenvalue weighted by Crippen LogP contribution is -2.20. The van der Waals surface area contributed by atoms with Crippen molar-refractivity contribution < 1.29 is 18.7 Å². The number of rotatable bonds is 7. The summed E-state index contributed by atoms with van der Waals surface area (Å²) < 4.78 is 24.9. The predicted molar refractivity (Wildman–Crippen MR) is 120 cm³/mol. The Kier molecular flexibility index (Phi) is 6.24. The van der Waals surface area contributed by atoms with Crippen LogP contribution in [0.1, 0.15) is 0 Å². The maximum Gasteiger partial charge on any atom is 0.262 e. The van der Waals surface area contributed by atoms with Gasteiger partial charge in [0.1, 0.15) is 10.8 Å². The Morgan fingerprint density at radius 3 is 2.42 bits per heavy atom. The minimum atomic E-state index is -0.321. The Labute approximate surface area is 183 Å². The average Bonchev–Trinajstić information content (AvgIpc) is 3.28. The fraction of sp³-hybridized carbons (Fsp3) is 0.0833. The second-order valence-corrected chi connectivity index (χ2v) is 7.41. The first-order valence-electron chi connectivity index (χ1n) is 9.51. The maximum absolute atomic E-state index is 14.1. The molecule has 0 bridgehead atoms. The summed E-state index contributed by atoms with van der Waals surface area (Å²) in [7, 11) is 1.54. The Morgan fingerprint density at radius 2 is 1.65 bits per heavy atom. The molecule has 0 atom stereocenters. The lowest BCUT2D eigenvalue weighted by atomic mass is 10.1. The Morgan fingerprint density at radius 1 is 0.968 bits per heavy atom. The van der Waals surface area contributed by atoms with Gasteiger partial charge in [-0.1, -0.05) is 42.5 Å². The van der Waals surface area contributed by atoms with E-state index in [2.05, 4.69) is 10.3 Å². The van der Waals surface area contributed by atoms with Crippen LogP contribution in [0.15, 0.2) is 78.2 Å². The number of halogens is 1. The van der Waals surface area contributed by atoms with E-state index in [1.54, 1.807) is 49.6 Å². The van der Waals surface area contributed by atoms with E-state index in [0.29, 0.717) is 33.5 Å². The molecule has 0 aliphatic carbocycles. The van der Waals surface area contributed by atoms with Crippen molar-refractivity contribution in [3.63, 3.8) is 0 Å². The molecule has 0 unspecified atom stereocenters. The number of nitrogens with zero attached hydrogens (tertiary/aromatic N) is 1. The van der Waals surface area contributed by atoms with E-state index in [1.165, 1.54) is 17.4 Å². The number of para-hydroxylation sites is 3. The minimum Gasteiger partial charge on any atom is -0.493 e. The maximum atomic E-state index is 14.1.